The van der Waals surface area contributed by atoms with E-state index in [9.17, 15) is 0 Å². The highest BCUT2D eigenvalue weighted by atomic mass is 16.6. The predicted molar refractivity (Wildman–Crippen MR) is 69.7 cm³/mol. The number of hydrogen-bond acceptors (Lipinski definition) is 7. The molecule has 2 saturated heterocycles. The number of epoxide rings is 2. The van der Waals surface area contributed by atoms with Crippen LogP contribution in [0.3, 0.4) is 0 Å². The highest BCUT2D eigenvalue weighted by molar-refractivity contribution is 4.73. The summed E-state index contributed by atoms with van der Waals surface area (Å²) in [6.45, 7) is 7.34. The zero-order valence-corrected chi connectivity index (χ0v) is 11.7. The maximum atomic E-state index is 8.69. The van der Waals surface area contributed by atoms with E-state index in [0.717, 1.165) is 26.3 Å². The molecule has 114 valence electrons. The van der Waals surface area contributed by atoms with E-state index in [1.54, 1.807) is 13.8 Å². The molecule has 0 aliphatic carbocycles. The SMILES string of the molecule is C(NNCC1CO1)C1CO1.CC(O)COC(C)CO. The lowest BCUT2D eigenvalue weighted by Gasteiger charge is -2.10. The minimum absolute atomic E-state index is 0.00667. The monoisotopic (exact) mass is 278 g/mol. The third-order valence-corrected chi connectivity index (χ3v) is 2.47. The number of rotatable bonds is 9. The van der Waals surface area contributed by atoms with Crippen LogP contribution in [0.25, 0.3) is 0 Å². The number of hydrogen-bond donors (Lipinski definition) is 4. The Bertz CT molecular complexity index is 208. The lowest BCUT2D eigenvalue weighted by atomic mass is 10.4. The van der Waals surface area contributed by atoms with Gasteiger partial charge in [0.05, 0.1) is 50.8 Å². The van der Waals surface area contributed by atoms with Crippen LogP contribution in [0.5, 0.6) is 0 Å². The molecule has 7 heteroatoms. The number of hydrazine groups is 1. The zero-order valence-electron chi connectivity index (χ0n) is 11.7. The van der Waals surface area contributed by atoms with E-state index in [1.807, 2.05) is 0 Å². The largest absolute Gasteiger partial charge is 0.394 e. The average molecular weight is 278 g/mol. The van der Waals surface area contributed by atoms with E-state index in [0.29, 0.717) is 18.8 Å². The molecular weight excluding hydrogens is 252 g/mol. The van der Waals surface area contributed by atoms with E-state index in [1.165, 1.54) is 0 Å². The van der Waals surface area contributed by atoms with Crippen molar-refractivity contribution >= 4 is 0 Å². The lowest BCUT2D eigenvalue weighted by Crippen LogP contribution is -2.37. The predicted octanol–water partition coefficient (Wildman–Crippen LogP) is -1.36. The van der Waals surface area contributed by atoms with Crippen molar-refractivity contribution < 1.29 is 24.4 Å². The maximum absolute atomic E-state index is 8.69. The van der Waals surface area contributed by atoms with Gasteiger partial charge in [-0.2, -0.15) is 0 Å². The van der Waals surface area contributed by atoms with Crippen molar-refractivity contribution in [3.8, 4) is 0 Å². The molecule has 0 amide bonds. The van der Waals surface area contributed by atoms with Gasteiger partial charge in [-0.25, -0.2) is 0 Å². The molecule has 2 heterocycles. The van der Waals surface area contributed by atoms with Crippen LogP contribution in [-0.4, -0.2) is 74.1 Å². The molecule has 0 radical (unpaired) electrons. The van der Waals surface area contributed by atoms with E-state index in [2.05, 4.69) is 10.9 Å². The molecular formula is C12H26N2O5. The number of aliphatic hydroxyl groups excluding tert-OH is 2. The van der Waals surface area contributed by atoms with Gasteiger partial charge in [-0.3, -0.25) is 10.9 Å². The second-order valence-electron chi connectivity index (χ2n) is 4.85. The molecule has 7 nitrogen and oxygen atoms in total. The van der Waals surface area contributed by atoms with Gasteiger partial charge in [0, 0.05) is 13.1 Å². The fourth-order valence-electron chi connectivity index (χ4n) is 1.10. The van der Waals surface area contributed by atoms with Gasteiger partial charge in [-0.05, 0) is 13.8 Å². The summed E-state index contributed by atoms with van der Waals surface area (Å²) >= 11 is 0. The summed E-state index contributed by atoms with van der Waals surface area (Å²) in [5, 5.41) is 17.1. The standard InChI is InChI=1S/C6H12N2O2.C6H14O3/c1(5-3-9-5)7-8-2-6-4-10-6;1-5(8)4-9-6(2)3-7/h5-8H,1-4H2;5-8H,3-4H2,1-2H3. The molecule has 0 aromatic carbocycles. The molecule has 4 N–H and O–H groups in total. The molecule has 2 aliphatic rings. The molecule has 0 bridgehead atoms. The second kappa shape index (κ2) is 9.60. The molecule has 2 rings (SSSR count). The van der Waals surface area contributed by atoms with Gasteiger partial charge >= 0.3 is 0 Å². The Balaban J connectivity index is 0.000000192. The van der Waals surface area contributed by atoms with Gasteiger partial charge < -0.3 is 24.4 Å². The molecule has 0 aromatic heterocycles. The van der Waals surface area contributed by atoms with Crippen LogP contribution in [0.4, 0.5) is 0 Å². The van der Waals surface area contributed by atoms with Crippen LogP contribution in [0.2, 0.25) is 0 Å². The summed E-state index contributed by atoms with van der Waals surface area (Å²) in [5.74, 6) is 0. The summed E-state index contributed by atoms with van der Waals surface area (Å²) in [6.07, 6.45) is 0.291. The first-order chi connectivity index (χ1) is 9.11. The highest BCUT2D eigenvalue weighted by Crippen LogP contribution is 2.07. The van der Waals surface area contributed by atoms with E-state index in [4.69, 9.17) is 24.4 Å². The van der Waals surface area contributed by atoms with Crippen molar-refractivity contribution in [2.75, 3.05) is 39.5 Å². The van der Waals surface area contributed by atoms with Crippen LogP contribution in [0.15, 0.2) is 0 Å². The van der Waals surface area contributed by atoms with Crippen LogP contribution < -0.4 is 10.9 Å². The molecule has 4 unspecified atom stereocenters. The van der Waals surface area contributed by atoms with Gasteiger partial charge in [-0.15, -0.1) is 0 Å². The van der Waals surface area contributed by atoms with Crippen LogP contribution in [-0.2, 0) is 14.2 Å². The maximum Gasteiger partial charge on any atom is 0.0947 e. The number of ether oxygens (including phenoxy) is 3. The van der Waals surface area contributed by atoms with Crippen LogP contribution >= 0.6 is 0 Å². The quantitative estimate of drug-likeness (QED) is 0.235. The molecule has 0 spiro atoms. The van der Waals surface area contributed by atoms with E-state index in [-0.39, 0.29) is 12.7 Å². The van der Waals surface area contributed by atoms with Crippen molar-refractivity contribution in [2.45, 2.75) is 38.3 Å². The third kappa shape index (κ3) is 11.3. The molecule has 0 saturated carbocycles. The Kier molecular flexibility index (Phi) is 8.47. The first kappa shape index (κ1) is 16.8. The van der Waals surface area contributed by atoms with Gasteiger partial charge in [0.1, 0.15) is 0 Å². The number of aliphatic hydroxyl groups is 2. The number of nitrogens with one attached hydrogen (secondary N) is 2. The normalized spacial score (nSPS) is 27.2. The molecule has 19 heavy (non-hydrogen) atoms. The average Bonchev–Trinajstić information content (AvgIpc) is 3.26. The summed E-state index contributed by atoms with van der Waals surface area (Å²) in [4.78, 5) is 0. The Hall–Kier alpha value is -0.280. The molecule has 2 aliphatic heterocycles. The summed E-state index contributed by atoms with van der Waals surface area (Å²) in [6, 6.07) is 0. The fraction of sp³-hybridized carbons (Fsp3) is 1.00. The van der Waals surface area contributed by atoms with Crippen LogP contribution in [0.1, 0.15) is 13.8 Å². The third-order valence-electron chi connectivity index (χ3n) is 2.47. The van der Waals surface area contributed by atoms with Crippen molar-refractivity contribution in [1.82, 2.24) is 10.9 Å². The summed E-state index contributed by atoms with van der Waals surface area (Å²) < 4.78 is 14.9. The minimum atomic E-state index is -0.445. The topological polar surface area (TPSA) is 98.8 Å². The first-order valence-corrected chi connectivity index (χ1v) is 6.71. The van der Waals surface area contributed by atoms with Gasteiger partial charge in [-0.1, -0.05) is 0 Å². The Morgan fingerprint density at radius 1 is 1.16 bits per heavy atom. The van der Waals surface area contributed by atoms with Crippen molar-refractivity contribution in [3.05, 3.63) is 0 Å². The van der Waals surface area contributed by atoms with Crippen molar-refractivity contribution in [1.29, 1.82) is 0 Å². The Morgan fingerprint density at radius 2 is 1.63 bits per heavy atom. The Morgan fingerprint density at radius 3 is 1.95 bits per heavy atom. The van der Waals surface area contributed by atoms with Crippen molar-refractivity contribution in [3.63, 3.8) is 0 Å². The molecule has 0 aromatic rings. The molecule has 2 fully saturated rings. The minimum Gasteiger partial charge on any atom is -0.394 e. The second-order valence-corrected chi connectivity index (χ2v) is 4.85. The fourth-order valence-corrected chi connectivity index (χ4v) is 1.10. The van der Waals surface area contributed by atoms with Crippen molar-refractivity contribution in [2.24, 2.45) is 0 Å². The summed E-state index contributed by atoms with van der Waals surface area (Å²) in [7, 11) is 0. The Labute approximate surface area is 114 Å². The smallest absolute Gasteiger partial charge is 0.0947 e. The van der Waals surface area contributed by atoms with E-state index >= 15 is 0 Å². The highest BCUT2D eigenvalue weighted by Gasteiger charge is 2.23. The van der Waals surface area contributed by atoms with Crippen LogP contribution in [0, 0.1) is 0 Å². The van der Waals surface area contributed by atoms with Gasteiger partial charge in [0.25, 0.3) is 0 Å². The van der Waals surface area contributed by atoms with Gasteiger partial charge in [0.2, 0.25) is 0 Å². The summed E-state index contributed by atoms with van der Waals surface area (Å²) in [5.41, 5.74) is 6.13. The first-order valence-electron chi connectivity index (χ1n) is 6.71. The zero-order chi connectivity index (χ0) is 14.1. The lowest BCUT2D eigenvalue weighted by molar-refractivity contribution is -0.0177. The van der Waals surface area contributed by atoms with E-state index < -0.39 is 6.10 Å². The van der Waals surface area contributed by atoms with Gasteiger partial charge in [0.15, 0.2) is 0 Å². The molecule has 4 atom stereocenters.